The van der Waals surface area contributed by atoms with Crippen molar-refractivity contribution in [3.8, 4) is 0 Å². The fraction of sp³-hybridized carbons (Fsp3) is 0.409. The molecule has 0 unspecified atom stereocenters. The molecule has 2 fully saturated rings. The third-order valence-electron chi connectivity index (χ3n) is 5.25. The molecule has 1 saturated carbocycles. The Morgan fingerprint density at radius 3 is 2.38 bits per heavy atom. The van der Waals surface area contributed by atoms with Gasteiger partial charge in [0.25, 0.3) is 0 Å². The van der Waals surface area contributed by atoms with Crippen molar-refractivity contribution in [3.05, 3.63) is 71.8 Å². The van der Waals surface area contributed by atoms with Crippen LogP contribution >= 0.6 is 0 Å². The number of rotatable bonds is 7. The van der Waals surface area contributed by atoms with Crippen LogP contribution in [0.3, 0.4) is 0 Å². The molecule has 136 valence electrons. The van der Waals surface area contributed by atoms with E-state index in [1.807, 2.05) is 36.4 Å². The lowest BCUT2D eigenvalue weighted by Gasteiger charge is -2.24. The summed E-state index contributed by atoms with van der Waals surface area (Å²) in [5.41, 5.74) is 2.23. The Balaban J connectivity index is 1.44. The molecule has 1 saturated heterocycles. The molecule has 2 aromatic rings. The average molecular weight is 350 g/mol. The highest BCUT2D eigenvalue weighted by Crippen LogP contribution is 2.34. The molecule has 0 aromatic heterocycles. The van der Waals surface area contributed by atoms with Crippen LogP contribution < -0.4 is 10.6 Å². The quantitative estimate of drug-likeness (QED) is 0.805. The summed E-state index contributed by atoms with van der Waals surface area (Å²) in [6.45, 7) is 1.54. The van der Waals surface area contributed by atoms with Crippen molar-refractivity contribution < 1.29 is 9.53 Å². The zero-order valence-electron chi connectivity index (χ0n) is 14.9. The lowest BCUT2D eigenvalue weighted by atomic mass is 9.94. The van der Waals surface area contributed by atoms with Gasteiger partial charge in [-0.1, -0.05) is 60.7 Å². The van der Waals surface area contributed by atoms with E-state index in [1.54, 1.807) is 0 Å². The van der Waals surface area contributed by atoms with Gasteiger partial charge in [-0.3, -0.25) is 4.79 Å². The molecular formula is C22H26N2O2. The van der Waals surface area contributed by atoms with E-state index >= 15 is 0 Å². The third kappa shape index (κ3) is 4.14. The molecule has 1 aliphatic heterocycles. The molecule has 0 spiro atoms. The maximum Gasteiger partial charge on any atom is 0.241 e. The zero-order valence-corrected chi connectivity index (χ0v) is 14.9. The molecule has 3 atom stereocenters. The molecule has 4 rings (SSSR count). The Morgan fingerprint density at radius 1 is 1.00 bits per heavy atom. The Bertz CT molecular complexity index is 715. The van der Waals surface area contributed by atoms with Crippen LogP contribution in [0.2, 0.25) is 0 Å². The third-order valence-corrected chi connectivity index (χ3v) is 5.25. The predicted octanol–water partition coefficient (Wildman–Crippen LogP) is 3.37. The van der Waals surface area contributed by atoms with Crippen LogP contribution in [0.25, 0.3) is 0 Å². The summed E-state index contributed by atoms with van der Waals surface area (Å²) < 4.78 is 5.98. The van der Waals surface area contributed by atoms with E-state index < -0.39 is 0 Å². The van der Waals surface area contributed by atoms with Gasteiger partial charge in [0.2, 0.25) is 5.91 Å². The Morgan fingerprint density at radius 2 is 1.69 bits per heavy atom. The van der Waals surface area contributed by atoms with Crippen LogP contribution in [0.15, 0.2) is 60.7 Å². The number of hydrogen-bond donors (Lipinski definition) is 2. The van der Waals surface area contributed by atoms with Crippen LogP contribution in [0.5, 0.6) is 0 Å². The van der Waals surface area contributed by atoms with Gasteiger partial charge in [0.05, 0.1) is 6.10 Å². The van der Waals surface area contributed by atoms with Crippen LogP contribution in [-0.4, -0.2) is 25.1 Å². The first-order valence-corrected chi connectivity index (χ1v) is 9.56. The van der Waals surface area contributed by atoms with E-state index in [9.17, 15) is 4.79 Å². The first-order valence-electron chi connectivity index (χ1n) is 9.56. The molecule has 1 aliphatic carbocycles. The van der Waals surface area contributed by atoms with Crippen LogP contribution in [0, 0.1) is 5.92 Å². The minimum atomic E-state index is -0.311. The van der Waals surface area contributed by atoms with E-state index in [0.29, 0.717) is 12.0 Å². The molecule has 26 heavy (non-hydrogen) atoms. The molecule has 0 radical (unpaired) electrons. The van der Waals surface area contributed by atoms with E-state index in [0.717, 1.165) is 38.0 Å². The Labute approximate surface area is 155 Å². The second kappa shape index (κ2) is 8.02. The van der Waals surface area contributed by atoms with Crippen LogP contribution in [0.1, 0.15) is 42.5 Å². The van der Waals surface area contributed by atoms with E-state index in [2.05, 4.69) is 34.9 Å². The molecular weight excluding hydrogens is 324 g/mol. The minimum absolute atomic E-state index is 0.0777. The van der Waals surface area contributed by atoms with Crippen LogP contribution in [0.4, 0.5) is 0 Å². The van der Waals surface area contributed by atoms with Gasteiger partial charge >= 0.3 is 0 Å². The summed E-state index contributed by atoms with van der Waals surface area (Å²) >= 11 is 0. The summed E-state index contributed by atoms with van der Waals surface area (Å²) in [6.07, 6.45) is 3.31. The number of ether oxygens (including phenoxy) is 1. The number of carbonyl (C=O) groups excluding carboxylic acids is 1. The molecule has 2 aromatic carbocycles. The highest BCUT2D eigenvalue weighted by molar-refractivity contribution is 5.83. The van der Waals surface area contributed by atoms with Gasteiger partial charge in [-0.05, 0) is 30.4 Å². The van der Waals surface area contributed by atoms with E-state index in [1.165, 1.54) is 5.56 Å². The molecule has 1 heterocycles. The second-order valence-corrected chi connectivity index (χ2v) is 7.29. The summed E-state index contributed by atoms with van der Waals surface area (Å²) in [6, 6.07) is 20.4. The summed E-state index contributed by atoms with van der Waals surface area (Å²) in [7, 11) is 0. The first-order chi connectivity index (χ1) is 12.8. The molecule has 0 bridgehead atoms. The van der Waals surface area contributed by atoms with Gasteiger partial charge in [-0.2, -0.15) is 0 Å². The van der Waals surface area contributed by atoms with Crippen molar-refractivity contribution in [3.63, 3.8) is 0 Å². The fourth-order valence-corrected chi connectivity index (χ4v) is 3.64. The van der Waals surface area contributed by atoms with Crippen molar-refractivity contribution in [2.45, 2.75) is 37.5 Å². The molecule has 4 nitrogen and oxygen atoms in total. The number of amides is 1. The van der Waals surface area contributed by atoms with Gasteiger partial charge in [-0.25, -0.2) is 0 Å². The van der Waals surface area contributed by atoms with Crippen molar-refractivity contribution in [1.82, 2.24) is 10.6 Å². The van der Waals surface area contributed by atoms with Gasteiger partial charge in [-0.15, -0.1) is 0 Å². The van der Waals surface area contributed by atoms with Crippen molar-refractivity contribution in [1.29, 1.82) is 0 Å². The second-order valence-electron chi connectivity index (χ2n) is 7.29. The van der Waals surface area contributed by atoms with Gasteiger partial charge in [0, 0.05) is 25.1 Å². The number of nitrogens with one attached hydrogen (secondary N) is 2. The number of hydrogen-bond acceptors (Lipinski definition) is 3. The number of benzene rings is 2. The summed E-state index contributed by atoms with van der Waals surface area (Å²) in [5, 5.41) is 6.66. The Hall–Kier alpha value is -2.17. The molecule has 2 aliphatic rings. The average Bonchev–Trinajstić information content (AvgIpc) is 3.37. The van der Waals surface area contributed by atoms with E-state index in [4.69, 9.17) is 4.74 Å². The monoisotopic (exact) mass is 350 g/mol. The largest absolute Gasteiger partial charge is 0.373 e. The zero-order chi connectivity index (χ0) is 17.8. The first kappa shape index (κ1) is 17.3. The number of carbonyl (C=O) groups is 1. The van der Waals surface area contributed by atoms with Gasteiger partial charge in [0.15, 0.2) is 0 Å². The lowest BCUT2D eigenvalue weighted by Crippen LogP contribution is -2.40. The fourth-order valence-electron chi connectivity index (χ4n) is 3.64. The topological polar surface area (TPSA) is 50.4 Å². The van der Waals surface area contributed by atoms with Crippen LogP contribution in [-0.2, 0) is 9.53 Å². The van der Waals surface area contributed by atoms with Gasteiger partial charge in [0.1, 0.15) is 6.04 Å². The summed E-state index contributed by atoms with van der Waals surface area (Å²) in [4.78, 5) is 12.7. The normalized spacial score (nSPS) is 23.5. The molecule has 4 heteroatoms. The maximum absolute atomic E-state index is 12.7. The Kier molecular flexibility index (Phi) is 5.32. The molecule has 1 amide bonds. The van der Waals surface area contributed by atoms with Gasteiger partial charge < -0.3 is 15.4 Å². The molecule has 2 N–H and O–H groups in total. The highest BCUT2D eigenvalue weighted by atomic mass is 16.5. The minimum Gasteiger partial charge on any atom is -0.373 e. The lowest BCUT2D eigenvalue weighted by molar-refractivity contribution is -0.123. The SMILES string of the molecule is O=C(NC1CC1)[C@H](NC[C@H]1CCO[C@@H]1c1ccccc1)c1ccccc1. The van der Waals surface area contributed by atoms with Crippen molar-refractivity contribution in [2.75, 3.05) is 13.2 Å². The highest BCUT2D eigenvalue weighted by Gasteiger charge is 2.32. The summed E-state index contributed by atoms with van der Waals surface area (Å²) in [5.74, 6) is 0.450. The smallest absolute Gasteiger partial charge is 0.241 e. The standard InChI is InChI=1S/C22H26N2O2/c25-22(24-19-11-12-19)20(16-7-3-1-4-8-16)23-15-18-13-14-26-21(18)17-9-5-2-6-10-17/h1-10,18-21,23H,11-15H2,(H,24,25)/t18-,20-,21-/m1/s1. The van der Waals surface area contributed by atoms with E-state index in [-0.39, 0.29) is 18.1 Å². The van der Waals surface area contributed by atoms with Crippen molar-refractivity contribution >= 4 is 5.91 Å². The van der Waals surface area contributed by atoms with Crippen molar-refractivity contribution in [2.24, 2.45) is 5.92 Å². The predicted molar refractivity (Wildman–Crippen MR) is 102 cm³/mol. The maximum atomic E-state index is 12.7.